The Morgan fingerprint density at radius 3 is 2.89 bits per heavy atom. The van der Waals surface area contributed by atoms with Crippen LogP contribution in [-0.4, -0.2) is 16.7 Å². The molecule has 0 bridgehead atoms. The van der Waals surface area contributed by atoms with Crippen LogP contribution in [0.5, 0.6) is 0 Å². The third-order valence-electron chi connectivity index (χ3n) is 2.68. The third kappa shape index (κ3) is 3.55. The summed E-state index contributed by atoms with van der Waals surface area (Å²) in [4.78, 5) is 0. The predicted octanol–water partition coefficient (Wildman–Crippen LogP) is 4.21. The summed E-state index contributed by atoms with van der Waals surface area (Å²) >= 11 is 9.40. The molecule has 1 heterocycles. The van der Waals surface area contributed by atoms with Crippen LogP contribution >= 0.6 is 27.5 Å². The van der Waals surface area contributed by atoms with Crippen LogP contribution in [0, 0.1) is 0 Å². The lowest BCUT2D eigenvalue weighted by Crippen LogP contribution is -2.19. The zero-order valence-corrected chi connectivity index (χ0v) is 13.1. The van der Waals surface area contributed by atoms with Gasteiger partial charge in [0.05, 0.1) is 11.1 Å². The molecule has 1 atom stereocenters. The van der Waals surface area contributed by atoms with E-state index in [0.717, 1.165) is 23.0 Å². The highest BCUT2D eigenvalue weighted by molar-refractivity contribution is 9.10. The lowest BCUT2D eigenvalue weighted by atomic mass is 10.2. The molecule has 0 amide bonds. The van der Waals surface area contributed by atoms with Crippen LogP contribution in [0.4, 0.5) is 0 Å². The second kappa shape index (κ2) is 6.50. The Morgan fingerprint density at radius 1 is 1.42 bits per heavy atom. The largest absolute Gasteiger partial charge is 0.419 e. The topological polar surface area (TPSA) is 51.0 Å². The quantitative estimate of drug-likeness (QED) is 0.882. The van der Waals surface area contributed by atoms with Gasteiger partial charge in [-0.05, 0) is 54.0 Å². The molecule has 0 aliphatic carbocycles. The molecule has 1 N–H and O–H groups in total. The van der Waals surface area contributed by atoms with Crippen molar-refractivity contribution < 1.29 is 4.42 Å². The second-order valence-corrected chi connectivity index (χ2v) is 5.51. The van der Waals surface area contributed by atoms with E-state index in [4.69, 9.17) is 16.0 Å². The van der Waals surface area contributed by atoms with E-state index in [0.29, 0.717) is 16.8 Å². The van der Waals surface area contributed by atoms with Crippen molar-refractivity contribution in [1.82, 2.24) is 15.5 Å². The Balaban J connectivity index is 2.18. The Labute approximate surface area is 125 Å². The monoisotopic (exact) mass is 343 g/mol. The van der Waals surface area contributed by atoms with E-state index < -0.39 is 0 Å². The summed E-state index contributed by atoms with van der Waals surface area (Å²) in [5.41, 5.74) is 0.814. The molecule has 0 saturated carbocycles. The van der Waals surface area contributed by atoms with Gasteiger partial charge in [-0.15, -0.1) is 10.2 Å². The minimum absolute atomic E-state index is 0.0483. The van der Waals surface area contributed by atoms with E-state index in [2.05, 4.69) is 38.4 Å². The average Bonchev–Trinajstić information content (AvgIpc) is 2.89. The zero-order chi connectivity index (χ0) is 13.8. The summed E-state index contributed by atoms with van der Waals surface area (Å²) in [6.45, 7) is 5.04. The first-order chi connectivity index (χ1) is 9.11. The first-order valence-corrected chi connectivity index (χ1v) is 7.31. The number of hydrogen-bond acceptors (Lipinski definition) is 4. The van der Waals surface area contributed by atoms with Crippen LogP contribution in [0.1, 0.15) is 32.2 Å². The highest BCUT2D eigenvalue weighted by Crippen LogP contribution is 2.28. The van der Waals surface area contributed by atoms with E-state index in [1.165, 1.54) is 0 Å². The Bertz CT molecular complexity index is 559. The molecule has 19 heavy (non-hydrogen) atoms. The second-order valence-electron chi connectivity index (χ2n) is 4.25. The van der Waals surface area contributed by atoms with E-state index in [1.807, 2.05) is 19.1 Å². The Hall–Kier alpha value is -0.910. The van der Waals surface area contributed by atoms with E-state index >= 15 is 0 Å². The van der Waals surface area contributed by atoms with Gasteiger partial charge in [-0.25, -0.2) is 0 Å². The molecule has 4 nitrogen and oxygen atoms in total. The summed E-state index contributed by atoms with van der Waals surface area (Å²) in [5, 5.41) is 12.0. The summed E-state index contributed by atoms with van der Waals surface area (Å²) in [6.07, 6.45) is 1.06. The van der Waals surface area contributed by atoms with Gasteiger partial charge in [-0.2, -0.15) is 0 Å². The van der Waals surface area contributed by atoms with E-state index in [9.17, 15) is 0 Å². The summed E-state index contributed by atoms with van der Waals surface area (Å²) in [7, 11) is 0. The molecule has 2 rings (SSSR count). The molecule has 1 aromatic heterocycles. The summed E-state index contributed by atoms with van der Waals surface area (Å²) < 4.78 is 6.51. The van der Waals surface area contributed by atoms with Crippen LogP contribution in [0.3, 0.4) is 0 Å². The number of nitrogens with zero attached hydrogens (tertiary/aromatic N) is 2. The molecule has 0 radical (unpaired) electrons. The zero-order valence-electron chi connectivity index (χ0n) is 10.8. The molecule has 6 heteroatoms. The fraction of sp³-hybridized carbons (Fsp3) is 0.385. The highest BCUT2D eigenvalue weighted by Gasteiger charge is 2.14. The number of rotatable bonds is 5. The molecule has 0 spiro atoms. The molecular weight excluding hydrogens is 330 g/mol. The molecule has 2 aromatic rings. The summed E-state index contributed by atoms with van der Waals surface area (Å²) in [5.74, 6) is 1.07. The number of halogens is 2. The van der Waals surface area contributed by atoms with E-state index in [1.54, 1.807) is 6.07 Å². The van der Waals surface area contributed by atoms with Gasteiger partial charge in [0.15, 0.2) is 0 Å². The molecule has 0 saturated heterocycles. The van der Waals surface area contributed by atoms with Crippen molar-refractivity contribution in [2.24, 2.45) is 0 Å². The van der Waals surface area contributed by atoms with Gasteiger partial charge < -0.3 is 9.73 Å². The Morgan fingerprint density at radius 2 is 2.21 bits per heavy atom. The fourth-order valence-corrected chi connectivity index (χ4v) is 2.03. The van der Waals surface area contributed by atoms with Crippen LogP contribution < -0.4 is 5.32 Å². The minimum atomic E-state index is 0.0483. The van der Waals surface area contributed by atoms with Crippen LogP contribution in [0.25, 0.3) is 11.5 Å². The van der Waals surface area contributed by atoms with Gasteiger partial charge in [-0.3, -0.25) is 0 Å². The fourth-order valence-electron chi connectivity index (χ4n) is 1.60. The van der Waals surface area contributed by atoms with Crippen molar-refractivity contribution in [2.45, 2.75) is 26.3 Å². The average molecular weight is 345 g/mol. The standard InChI is InChI=1S/C13H15BrClN3O/c1-3-6-16-8(2)12-17-18-13(19-12)9-4-5-10(14)11(15)7-9/h4-5,7-8,16H,3,6H2,1-2H3. The minimum Gasteiger partial charge on any atom is -0.419 e. The van der Waals surface area contributed by atoms with Gasteiger partial charge >= 0.3 is 0 Å². The number of nitrogens with one attached hydrogen (secondary N) is 1. The molecule has 0 aliphatic rings. The number of benzene rings is 1. The van der Waals surface area contributed by atoms with Crippen molar-refractivity contribution in [3.63, 3.8) is 0 Å². The maximum absolute atomic E-state index is 6.05. The van der Waals surface area contributed by atoms with Crippen molar-refractivity contribution in [1.29, 1.82) is 0 Å². The lowest BCUT2D eigenvalue weighted by Gasteiger charge is -2.07. The van der Waals surface area contributed by atoms with Gasteiger partial charge in [0.1, 0.15) is 0 Å². The molecule has 0 fully saturated rings. The molecular formula is C13H15BrClN3O. The van der Waals surface area contributed by atoms with Crippen molar-refractivity contribution >= 4 is 27.5 Å². The molecule has 102 valence electrons. The van der Waals surface area contributed by atoms with Crippen LogP contribution in [-0.2, 0) is 0 Å². The molecule has 1 aromatic carbocycles. The van der Waals surface area contributed by atoms with Crippen LogP contribution in [0.15, 0.2) is 27.1 Å². The third-order valence-corrected chi connectivity index (χ3v) is 3.91. The van der Waals surface area contributed by atoms with Gasteiger partial charge in [0.2, 0.25) is 11.8 Å². The first kappa shape index (κ1) is 14.5. The van der Waals surface area contributed by atoms with Gasteiger partial charge in [0.25, 0.3) is 0 Å². The highest BCUT2D eigenvalue weighted by atomic mass is 79.9. The normalized spacial score (nSPS) is 12.6. The lowest BCUT2D eigenvalue weighted by molar-refractivity contribution is 0.423. The van der Waals surface area contributed by atoms with Gasteiger partial charge in [-0.1, -0.05) is 18.5 Å². The maximum atomic E-state index is 6.05. The predicted molar refractivity (Wildman–Crippen MR) is 79.2 cm³/mol. The molecule has 0 aliphatic heterocycles. The van der Waals surface area contributed by atoms with Crippen LogP contribution in [0.2, 0.25) is 5.02 Å². The SMILES string of the molecule is CCCNC(C)c1nnc(-c2ccc(Br)c(Cl)c2)o1. The molecule has 1 unspecified atom stereocenters. The first-order valence-electron chi connectivity index (χ1n) is 6.14. The smallest absolute Gasteiger partial charge is 0.247 e. The van der Waals surface area contributed by atoms with Crippen molar-refractivity contribution in [3.8, 4) is 11.5 Å². The number of hydrogen-bond donors (Lipinski definition) is 1. The van der Waals surface area contributed by atoms with Crippen molar-refractivity contribution in [2.75, 3.05) is 6.54 Å². The maximum Gasteiger partial charge on any atom is 0.247 e. The Kier molecular flexibility index (Phi) is 4.96. The van der Waals surface area contributed by atoms with Gasteiger partial charge in [0, 0.05) is 10.0 Å². The number of aromatic nitrogens is 2. The van der Waals surface area contributed by atoms with E-state index in [-0.39, 0.29) is 6.04 Å². The van der Waals surface area contributed by atoms with Crippen molar-refractivity contribution in [3.05, 3.63) is 33.6 Å². The summed E-state index contributed by atoms with van der Waals surface area (Å²) in [6, 6.07) is 5.59.